The van der Waals surface area contributed by atoms with Crippen molar-refractivity contribution >= 4 is 5.97 Å². The summed E-state index contributed by atoms with van der Waals surface area (Å²) < 4.78 is 1.76. The standard InChI is InChI=1S/C13H13NO2/c1-10-6-5-9-14(10)12(13(15)16)11-7-3-2-4-8-11/h2-9,12H,1H3,(H,15,16)/t12-/m0/s1. The lowest BCUT2D eigenvalue weighted by Gasteiger charge is -2.16. The minimum absolute atomic E-state index is 0.642. The van der Waals surface area contributed by atoms with Crippen LogP contribution < -0.4 is 0 Å². The molecule has 1 aromatic heterocycles. The summed E-state index contributed by atoms with van der Waals surface area (Å²) in [7, 11) is 0. The summed E-state index contributed by atoms with van der Waals surface area (Å²) in [5.41, 5.74) is 1.73. The molecule has 1 atom stereocenters. The lowest BCUT2D eigenvalue weighted by Crippen LogP contribution is -2.20. The van der Waals surface area contributed by atoms with Crippen molar-refractivity contribution in [2.45, 2.75) is 13.0 Å². The van der Waals surface area contributed by atoms with Crippen molar-refractivity contribution < 1.29 is 9.90 Å². The van der Waals surface area contributed by atoms with Crippen molar-refractivity contribution in [3.63, 3.8) is 0 Å². The highest BCUT2D eigenvalue weighted by Crippen LogP contribution is 2.20. The molecule has 2 aromatic rings. The van der Waals surface area contributed by atoms with E-state index in [9.17, 15) is 9.90 Å². The second kappa shape index (κ2) is 4.23. The van der Waals surface area contributed by atoms with Crippen LogP contribution in [-0.2, 0) is 4.79 Å². The topological polar surface area (TPSA) is 42.2 Å². The molecule has 3 nitrogen and oxygen atoms in total. The minimum Gasteiger partial charge on any atom is -0.479 e. The Kier molecular flexibility index (Phi) is 2.77. The molecule has 0 saturated heterocycles. The molecule has 2 rings (SSSR count). The van der Waals surface area contributed by atoms with E-state index in [2.05, 4.69) is 0 Å². The molecule has 1 heterocycles. The predicted octanol–water partition coefficient (Wildman–Crippen LogP) is 2.47. The van der Waals surface area contributed by atoms with Crippen LogP contribution in [0.4, 0.5) is 0 Å². The molecule has 0 bridgehead atoms. The Balaban J connectivity index is 2.48. The smallest absolute Gasteiger partial charge is 0.331 e. The molecule has 0 spiro atoms. The van der Waals surface area contributed by atoms with Gasteiger partial charge in [0.15, 0.2) is 6.04 Å². The van der Waals surface area contributed by atoms with Gasteiger partial charge in [-0.3, -0.25) is 0 Å². The molecule has 16 heavy (non-hydrogen) atoms. The van der Waals surface area contributed by atoms with E-state index in [1.54, 1.807) is 10.8 Å². The SMILES string of the molecule is Cc1cccn1[C@H](C(=O)O)c1ccccc1. The first kappa shape index (κ1) is 10.5. The zero-order chi connectivity index (χ0) is 11.5. The van der Waals surface area contributed by atoms with Gasteiger partial charge < -0.3 is 9.67 Å². The van der Waals surface area contributed by atoms with Gasteiger partial charge in [-0.2, -0.15) is 0 Å². The molecule has 1 N–H and O–H groups in total. The third-order valence-corrected chi connectivity index (χ3v) is 2.62. The monoisotopic (exact) mass is 215 g/mol. The van der Waals surface area contributed by atoms with Crippen LogP contribution in [0.15, 0.2) is 48.7 Å². The van der Waals surface area contributed by atoms with Crippen LogP contribution >= 0.6 is 0 Å². The number of aliphatic carboxylic acids is 1. The number of aryl methyl sites for hydroxylation is 1. The summed E-state index contributed by atoms with van der Waals surface area (Å²) in [4.78, 5) is 11.3. The Morgan fingerprint density at radius 2 is 1.88 bits per heavy atom. The van der Waals surface area contributed by atoms with E-state index in [0.29, 0.717) is 0 Å². The Morgan fingerprint density at radius 3 is 2.38 bits per heavy atom. The van der Waals surface area contributed by atoms with Crippen LogP contribution in [0.25, 0.3) is 0 Å². The maximum absolute atomic E-state index is 11.3. The quantitative estimate of drug-likeness (QED) is 0.854. The lowest BCUT2D eigenvalue weighted by atomic mass is 10.1. The first-order valence-electron chi connectivity index (χ1n) is 5.11. The summed E-state index contributed by atoms with van der Waals surface area (Å²) in [6.45, 7) is 1.90. The number of carboxylic acid groups (broad SMARTS) is 1. The Morgan fingerprint density at radius 1 is 1.19 bits per heavy atom. The van der Waals surface area contributed by atoms with Gasteiger partial charge in [-0.05, 0) is 24.6 Å². The van der Waals surface area contributed by atoms with Gasteiger partial charge in [-0.25, -0.2) is 4.79 Å². The normalized spacial score (nSPS) is 12.3. The molecule has 82 valence electrons. The Labute approximate surface area is 94.0 Å². The summed E-state index contributed by atoms with van der Waals surface area (Å²) in [5.74, 6) is -0.842. The second-order valence-corrected chi connectivity index (χ2v) is 3.71. The van der Waals surface area contributed by atoms with Crippen molar-refractivity contribution in [2.24, 2.45) is 0 Å². The van der Waals surface area contributed by atoms with Crippen molar-refractivity contribution in [1.29, 1.82) is 0 Å². The molecule has 0 saturated carbocycles. The highest BCUT2D eigenvalue weighted by atomic mass is 16.4. The van der Waals surface area contributed by atoms with Crippen molar-refractivity contribution in [2.75, 3.05) is 0 Å². The molecule has 0 unspecified atom stereocenters. The molecule has 3 heteroatoms. The molecule has 0 aliphatic rings. The molecular formula is C13H13NO2. The van der Waals surface area contributed by atoms with Gasteiger partial charge in [0.2, 0.25) is 0 Å². The minimum atomic E-state index is -0.842. The van der Waals surface area contributed by atoms with Crippen LogP contribution in [-0.4, -0.2) is 15.6 Å². The second-order valence-electron chi connectivity index (χ2n) is 3.71. The summed E-state index contributed by atoms with van der Waals surface area (Å²) in [5, 5.41) is 9.30. The average molecular weight is 215 g/mol. The zero-order valence-electron chi connectivity index (χ0n) is 9.00. The zero-order valence-corrected chi connectivity index (χ0v) is 9.00. The van der Waals surface area contributed by atoms with Gasteiger partial charge in [0.1, 0.15) is 0 Å². The summed E-state index contributed by atoms with van der Waals surface area (Å²) >= 11 is 0. The molecule has 0 aliphatic heterocycles. The van der Waals surface area contributed by atoms with Crippen LogP contribution in [0.3, 0.4) is 0 Å². The van der Waals surface area contributed by atoms with Gasteiger partial charge in [0.25, 0.3) is 0 Å². The van der Waals surface area contributed by atoms with Crippen LogP contribution in [0.1, 0.15) is 17.3 Å². The third kappa shape index (κ3) is 1.84. The van der Waals surface area contributed by atoms with Gasteiger partial charge in [0, 0.05) is 11.9 Å². The number of rotatable bonds is 3. The number of benzene rings is 1. The van der Waals surface area contributed by atoms with E-state index >= 15 is 0 Å². The number of nitrogens with zero attached hydrogens (tertiary/aromatic N) is 1. The molecule has 0 fully saturated rings. The summed E-state index contributed by atoms with van der Waals surface area (Å²) in [6, 6.07) is 12.4. The van der Waals surface area contributed by atoms with Gasteiger partial charge >= 0.3 is 5.97 Å². The molecule has 0 aliphatic carbocycles. The van der Waals surface area contributed by atoms with Gasteiger partial charge in [0.05, 0.1) is 0 Å². The number of carboxylic acids is 1. The fourth-order valence-corrected chi connectivity index (χ4v) is 1.83. The van der Waals surface area contributed by atoms with Gasteiger partial charge in [-0.1, -0.05) is 30.3 Å². The molecule has 0 radical (unpaired) electrons. The van der Waals surface area contributed by atoms with Crippen LogP contribution in [0.5, 0.6) is 0 Å². The van der Waals surface area contributed by atoms with Crippen molar-refractivity contribution in [3.05, 3.63) is 59.9 Å². The molecular weight excluding hydrogens is 202 g/mol. The van der Waals surface area contributed by atoms with E-state index in [1.165, 1.54) is 0 Å². The van der Waals surface area contributed by atoms with E-state index in [1.807, 2.05) is 49.4 Å². The average Bonchev–Trinajstić information content (AvgIpc) is 2.66. The highest BCUT2D eigenvalue weighted by Gasteiger charge is 2.21. The van der Waals surface area contributed by atoms with Gasteiger partial charge in [-0.15, -0.1) is 0 Å². The van der Waals surface area contributed by atoms with E-state index < -0.39 is 12.0 Å². The van der Waals surface area contributed by atoms with Crippen molar-refractivity contribution in [1.82, 2.24) is 4.57 Å². The van der Waals surface area contributed by atoms with Crippen molar-refractivity contribution in [3.8, 4) is 0 Å². The fraction of sp³-hybridized carbons (Fsp3) is 0.154. The maximum Gasteiger partial charge on any atom is 0.331 e. The van der Waals surface area contributed by atoms with E-state index in [4.69, 9.17) is 0 Å². The van der Waals surface area contributed by atoms with E-state index in [-0.39, 0.29) is 0 Å². The maximum atomic E-state index is 11.3. The Bertz CT molecular complexity index is 488. The Hall–Kier alpha value is -2.03. The number of hydrogen-bond acceptors (Lipinski definition) is 1. The fourth-order valence-electron chi connectivity index (χ4n) is 1.83. The number of carbonyl (C=O) groups is 1. The number of hydrogen-bond donors (Lipinski definition) is 1. The first-order valence-corrected chi connectivity index (χ1v) is 5.11. The van der Waals surface area contributed by atoms with E-state index in [0.717, 1.165) is 11.3 Å². The highest BCUT2D eigenvalue weighted by molar-refractivity contribution is 5.76. The third-order valence-electron chi connectivity index (χ3n) is 2.62. The van der Waals surface area contributed by atoms with Crippen LogP contribution in [0.2, 0.25) is 0 Å². The summed E-state index contributed by atoms with van der Waals surface area (Å²) in [6.07, 6.45) is 1.79. The van der Waals surface area contributed by atoms with Crippen LogP contribution in [0, 0.1) is 6.92 Å². The number of aromatic nitrogens is 1. The first-order chi connectivity index (χ1) is 7.70. The predicted molar refractivity (Wildman–Crippen MR) is 61.4 cm³/mol. The molecule has 1 aromatic carbocycles. The molecule has 0 amide bonds. The lowest BCUT2D eigenvalue weighted by molar-refractivity contribution is -0.139. The largest absolute Gasteiger partial charge is 0.479 e.